The quantitative estimate of drug-likeness (QED) is 0.717. The summed E-state index contributed by atoms with van der Waals surface area (Å²) in [5, 5.41) is 18.4. The molecule has 0 spiro atoms. The van der Waals surface area contributed by atoms with Crippen molar-refractivity contribution < 1.29 is 19.8 Å². The first-order valence-corrected chi connectivity index (χ1v) is 7.10. The number of aromatic nitrogens is 1. The number of carboxylic acid groups (broad SMARTS) is 2. The third-order valence-electron chi connectivity index (χ3n) is 3.27. The van der Waals surface area contributed by atoms with E-state index in [-0.39, 0.29) is 0 Å². The number of carbonyl (C=O) groups is 2. The van der Waals surface area contributed by atoms with Crippen LogP contribution < -0.4 is 5.32 Å². The number of nitrogens with one attached hydrogen (secondary N) is 1. The second-order valence-electron chi connectivity index (χ2n) is 5.14. The molecule has 1 aliphatic rings. The van der Waals surface area contributed by atoms with Crippen LogP contribution in [-0.4, -0.2) is 39.7 Å². The van der Waals surface area contributed by atoms with E-state index in [1.807, 2.05) is 6.20 Å². The van der Waals surface area contributed by atoms with Gasteiger partial charge in [-0.1, -0.05) is 12.8 Å². The molecule has 0 amide bonds. The van der Waals surface area contributed by atoms with Crippen LogP contribution in [0.2, 0.25) is 0 Å². The molecule has 1 aliphatic heterocycles. The van der Waals surface area contributed by atoms with Gasteiger partial charge < -0.3 is 15.5 Å². The normalized spacial score (nSPS) is 18.0. The summed E-state index contributed by atoms with van der Waals surface area (Å²) in [5.74, 6) is -3.65. The fraction of sp³-hybridized carbons (Fsp3) is 0.533. The van der Waals surface area contributed by atoms with Crippen LogP contribution in [0.15, 0.2) is 18.3 Å². The van der Waals surface area contributed by atoms with E-state index in [0.29, 0.717) is 6.04 Å². The van der Waals surface area contributed by atoms with Crippen LogP contribution in [-0.2, 0) is 16.0 Å². The standard InChI is InChI=1S/C13H20N2.C2H2O4/c1-11-6-8-15-13(9-11)10-12-5-3-2-4-7-14-12;3-1(4)2(5)6/h6,8-9,12,14H,2-5,7,10H2,1H3;(H,3,4)(H,5,6). The largest absolute Gasteiger partial charge is 0.473 e. The van der Waals surface area contributed by atoms with Gasteiger partial charge in [0, 0.05) is 24.4 Å². The van der Waals surface area contributed by atoms with Gasteiger partial charge in [0.1, 0.15) is 0 Å². The summed E-state index contributed by atoms with van der Waals surface area (Å²) in [6.45, 7) is 3.31. The van der Waals surface area contributed by atoms with Crippen LogP contribution in [0.5, 0.6) is 0 Å². The van der Waals surface area contributed by atoms with Gasteiger partial charge in [-0.2, -0.15) is 0 Å². The SMILES string of the molecule is Cc1ccnc(CC2CCCCCN2)c1.O=C(O)C(=O)O. The molecular weight excluding hydrogens is 272 g/mol. The number of aryl methyl sites for hydroxylation is 1. The average Bonchev–Trinajstić information content (AvgIpc) is 2.68. The van der Waals surface area contributed by atoms with Crippen LogP contribution >= 0.6 is 0 Å². The van der Waals surface area contributed by atoms with E-state index in [9.17, 15) is 0 Å². The topological polar surface area (TPSA) is 99.5 Å². The molecule has 0 aromatic carbocycles. The molecule has 3 N–H and O–H groups in total. The van der Waals surface area contributed by atoms with Crippen molar-refractivity contribution in [3.05, 3.63) is 29.6 Å². The number of nitrogens with zero attached hydrogens (tertiary/aromatic N) is 1. The number of pyridine rings is 1. The Kier molecular flexibility index (Phi) is 7.39. The van der Waals surface area contributed by atoms with Crippen LogP contribution in [0.25, 0.3) is 0 Å². The number of rotatable bonds is 2. The minimum Gasteiger partial charge on any atom is -0.473 e. The second-order valence-corrected chi connectivity index (χ2v) is 5.14. The molecule has 1 aromatic rings. The first kappa shape index (κ1) is 17.1. The van der Waals surface area contributed by atoms with E-state index < -0.39 is 11.9 Å². The summed E-state index contributed by atoms with van der Waals surface area (Å²) in [5.41, 5.74) is 2.54. The highest BCUT2D eigenvalue weighted by Gasteiger charge is 2.12. The van der Waals surface area contributed by atoms with E-state index in [2.05, 4.69) is 29.4 Å². The molecule has 2 heterocycles. The lowest BCUT2D eigenvalue weighted by Crippen LogP contribution is -2.30. The summed E-state index contributed by atoms with van der Waals surface area (Å²) >= 11 is 0. The molecule has 21 heavy (non-hydrogen) atoms. The molecule has 1 atom stereocenters. The highest BCUT2D eigenvalue weighted by atomic mass is 16.4. The molecule has 2 rings (SSSR count). The molecule has 116 valence electrons. The molecule has 1 fully saturated rings. The molecule has 1 saturated heterocycles. The zero-order valence-electron chi connectivity index (χ0n) is 12.2. The average molecular weight is 294 g/mol. The number of hydrogen-bond acceptors (Lipinski definition) is 4. The Morgan fingerprint density at radius 2 is 2.00 bits per heavy atom. The Hall–Kier alpha value is -1.95. The predicted octanol–water partition coefficient (Wildman–Crippen LogP) is 1.62. The van der Waals surface area contributed by atoms with E-state index in [0.717, 1.165) is 6.42 Å². The summed E-state index contributed by atoms with van der Waals surface area (Å²) in [6.07, 6.45) is 8.38. The van der Waals surface area contributed by atoms with Gasteiger partial charge in [-0.05, 0) is 44.0 Å². The highest BCUT2D eigenvalue weighted by Crippen LogP contribution is 2.12. The fourth-order valence-corrected chi connectivity index (χ4v) is 2.24. The van der Waals surface area contributed by atoms with Crippen LogP contribution in [0, 0.1) is 6.92 Å². The maximum atomic E-state index is 9.10. The zero-order chi connectivity index (χ0) is 15.7. The van der Waals surface area contributed by atoms with Gasteiger partial charge in [-0.25, -0.2) is 9.59 Å². The number of carboxylic acids is 2. The lowest BCUT2D eigenvalue weighted by molar-refractivity contribution is -0.159. The molecule has 0 bridgehead atoms. The third kappa shape index (κ3) is 7.41. The van der Waals surface area contributed by atoms with Gasteiger partial charge in [-0.15, -0.1) is 0 Å². The Labute approximate surface area is 124 Å². The smallest absolute Gasteiger partial charge is 0.414 e. The van der Waals surface area contributed by atoms with E-state index in [1.165, 1.54) is 43.5 Å². The van der Waals surface area contributed by atoms with Gasteiger partial charge in [0.25, 0.3) is 0 Å². The van der Waals surface area contributed by atoms with Crippen molar-refractivity contribution in [1.29, 1.82) is 0 Å². The Morgan fingerprint density at radius 3 is 2.62 bits per heavy atom. The van der Waals surface area contributed by atoms with Crippen molar-refractivity contribution >= 4 is 11.9 Å². The minimum absolute atomic E-state index is 0.641. The molecule has 1 unspecified atom stereocenters. The lowest BCUT2D eigenvalue weighted by Gasteiger charge is -2.15. The molecule has 6 heteroatoms. The maximum Gasteiger partial charge on any atom is 0.414 e. The first-order chi connectivity index (χ1) is 9.99. The summed E-state index contributed by atoms with van der Waals surface area (Å²) in [7, 11) is 0. The Morgan fingerprint density at radius 1 is 1.29 bits per heavy atom. The Bertz CT molecular complexity index is 456. The first-order valence-electron chi connectivity index (χ1n) is 7.10. The molecular formula is C15H22N2O4. The molecule has 0 saturated carbocycles. The number of aliphatic carboxylic acids is 2. The fourth-order valence-electron chi connectivity index (χ4n) is 2.24. The lowest BCUT2D eigenvalue weighted by atomic mass is 10.0. The van der Waals surface area contributed by atoms with Crippen molar-refractivity contribution in [2.45, 2.75) is 45.1 Å². The van der Waals surface area contributed by atoms with E-state index in [4.69, 9.17) is 19.8 Å². The monoisotopic (exact) mass is 294 g/mol. The predicted molar refractivity (Wildman–Crippen MR) is 78.2 cm³/mol. The van der Waals surface area contributed by atoms with Gasteiger partial charge in [-0.3, -0.25) is 4.98 Å². The summed E-state index contributed by atoms with van der Waals surface area (Å²) in [6, 6.07) is 4.90. The molecule has 6 nitrogen and oxygen atoms in total. The highest BCUT2D eigenvalue weighted by molar-refractivity contribution is 6.27. The molecule has 0 aliphatic carbocycles. The van der Waals surface area contributed by atoms with E-state index in [1.54, 1.807) is 0 Å². The number of hydrogen-bond donors (Lipinski definition) is 3. The Balaban J connectivity index is 0.000000315. The van der Waals surface area contributed by atoms with Crippen LogP contribution in [0.4, 0.5) is 0 Å². The maximum absolute atomic E-state index is 9.10. The van der Waals surface area contributed by atoms with Gasteiger partial charge in [0.15, 0.2) is 0 Å². The van der Waals surface area contributed by atoms with Crippen molar-refractivity contribution in [2.24, 2.45) is 0 Å². The zero-order valence-corrected chi connectivity index (χ0v) is 12.2. The van der Waals surface area contributed by atoms with Crippen LogP contribution in [0.3, 0.4) is 0 Å². The van der Waals surface area contributed by atoms with Gasteiger partial charge in [0.05, 0.1) is 0 Å². The van der Waals surface area contributed by atoms with Crippen molar-refractivity contribution in [2.75, 3.05) is 6.54 Å². The minimum atomic E-state index is -1.82. The third-order valence-corrected chi connectivity index (χ3v) is 3.27. The van der Waals surface area contributed by atoms with Gasteiger partial charge >= 0.3 is 11.9 Å². The second kappa shape index (κ2) is 9.07. The van der Waals surface area contributed by atoms with Crippen molar-refractivity contribution in [3.8, 4) is 0 Å². The molecule has 1 aromatic heterocycles. The summed E-state index contributed by atoms with van der Waals surface area (Å²) < 4.78 is 0. The van der Waals surface area contributed by atoms with Crippen molar-refractivity contribution in [3.63, 3.8) is 0 Å². The van der Waals surface area contributed by atoms with Gasteiger partial charge in [0.2, 0.25) is 0 Å². The van der Waals surface area contributed by atoms with E-state index >= 15 is 0 Å². The van der Waals surface area contributed by atoms with Crippen molar-refractivity contribution in [1.82, 2.24) is 10.3 Å². The summed E-state index contributed by atoms with van der Waals surface area (Å²) in [4.78, 5) is 22.6. The van der Waals surface area contributed by atoms with Crippen LogP contribution in [0.1, 0.15) is 36.9 Å². The molecule has 0 radical (unpaired) electrons.